The number of hydrogen-bond acceptors (Lipinski definition) is 5. The predicted octanol–water partition coefficient (Wildman–Crippen LogP) is 2.88. The lowest BCUT2D eigenvalue weighted by Crippen LogP contribution is -2.32. The number of amides is 1. The maximum Gasteiger partial charge on any atom is 0.409 e. The summed E-state index contributed by atoms with van der Waals surface area (Å²) in [5, 5.41) is 9.64. The molecule has 2 heterocycles. The van der Waals surface area contributed by atoms with Crippen LogP contribution in [-0.4, -0.2) is 45.7 Å². The average molecular weight is 381 g/mol. The number of benzene rings is 1. The van der Waals surface area contributed by atoms with Crippen LogP contribution < -0.4 is 4.74 Å². The zero-order valence-corrected chi connectivity index (χ0v) is 16.1. The summed E-state index contributed by atoms with van der Waals surface area (Å²) in [5.74, 6) is 0.581. The van der Waals surface area contributed by atoms with E-state index in [9.17, 15) is 9.90 Å². The topological polar surface area (TPSA) is 76.3 Å². The van der Waals surface area contributed by atoms with Crippen LogP contribution in [0.5, 0.6) is 5.75 Å². The first kappa shape index (κ1) is 18.3. The number of aliphatic hydroxyl groups excluding tert-OH is 1. The van der Waals surface area contributed by atoms with E-state index in [4.69, 9.17) is 9.47 Å². The second-order valence-corrected chi connectivity index (χ2v) is 7.13. The molecule has 1 amide bonds. The Bertz CT molecular complexity index is 1030. The molecule has 146 valence electrons. The van der Waals surface area contributed by atoms with Gasteiger partial charge in [-0.25, -0.2) is 9.78 Å². The maximum atomic E-state index is 12.2. The molecule has 2 aromatic heterocycles. The molecule has 1 aliphatic carbocycles. The molecular weight excluding hydrogens is 358 g/mol. The number of hydrogen-bond donors (Lipinski definition) is 1. The number of fused-ring (bicyclic) bond motifs is 2. The largest absolute Gasteiger partial charge is 0.478 e. The maximum absolute atomic E-state index is 12.2. The SMILES string of the molecule is Cc1nc2c(OC3c4ccccc4CC3OC(=O)N(C)C)cccn2c1CO. The highest BCUT2D eigenvalue weighted by molar-refractivity contribution is 5.67. The van der Waals surface area contributed by atoms with Gasteiger partial charge in [-0.1, -0.05) is 24.3 Å². The Hall–Kier alpha value is -3.06. The van der Waals surface area contributed by atoms with Crippen molar-refractivity contribution in [2.75, 3.05) is 14.1 Å². The minimum Gasteiger partial charge on any atom is -0.478 e. The van der Waals surface area contributed by atoms with Crippen LogP contribution in [0.15, 0.2) is 42.6 Å². The lowest BCUT2D eigenvalue weighted by atomic mass is 10.1. The van der Waals surface area contributed by atoms with Gasteiger partial charge in [0.25, 0.3) is 0 Å². The smallest absolute Gasteiger partial charge is 0.409 e. The Morgan fingerprint density at radius 1 is 1.29 bits per heavy atom. The van der Waals surface area contributed by atoms with Crippen LogP contribution in [0.25, 0.3) is 5.65 Å². The van der Waals surface area contributed by atoms with E-state index in [1.807, 2.05) is 53.9 Å². The summed E-state index contributed by atoms with van der Waals surface area (Å²) in [5.41, 5.74) is 4.22. The van der Waals surface area contributed by atoms with E-state index in [1.165, 1.54) is 4.90 Å². The fourth-order valence-electron chi connectivity index (χ4n) is 3.62. The molecular formula is C21H23N3O4. The highest BCUT2D eigenvalue weighted by Crippen LogP contribution is 2.38. The first-order valence-corrected chi connectivity index (χ1v) is 9.19. The van der Waals surface area contributed by atoms with Crippen molar-refractivity contribution in [3.05, 3.63) is 65.1 Å². The molecule has 7 heteroatoms. The van der Waals surface area contributed by atoms with Gasteiger partial charge in [0.15, 0.2) is 17.5 Å². The second kappa shape index (κ2) is 7.16. The molecule has 0 bridgehead atoms. The Balaban J connectivity index is 1.72. The Labute approximate surface area is 163 Å². The van der Waals surface area contributed by atoms with Crippen LogP contribution in [-0.2, 0) is 17.8 Å². The summed E-state index contributed by atoms with van der Waals surface area (Å²) in [6.45, 7) is 1.75. The number of imidazole rings is 1. The molecule has 0 aliphatic heterocycles. The molecule has 0 fully saturated rings. The van der Waals surface area contributed by atoms with Crippen LogP contribution >= 0.6 is 0 Å². The van der Waals surface area contributed by atoms with Gasteiger partial charge >= 0.3 is 6.09 Å². The molecule has 2 unspecified atom stereocenters. The van der Waals surface area contributed by atoms with Crippen LogP contribution in [0.4, 0.5) is 4.79 Å². The zero-order valence-electron chi connectivity index (χ0n) is 16.1. The Kier molecular flexibility index (Phi) is 4.68. The van der Waals surface area contributed by atoms with Crippen molar-refractivity contribution in [2.24, 2.45) is 0 Å². The van der Waals surface area contributed by atoms with Crippen molar-refractivity contribution < 1.29 is 19.4 Å². The van der Waals surface area contributed by atoms with Gasteiger partial charge in [-0.3, -0.25) is 4.40 Å². The molecule has 0 radical (unpaired) electrons. The monoisotopic (exact) mass is 381 g/mol. The van der Waals surface area contributed by atoms with Crippen molar-refractivity contribution in [3.63, 3.8) is 0 Å². The third-order valence-corrected chi connectivity index (χ3v) is 5.05. The molecule has 0 spiro atoms. The molecule has 1 aromatic carbocycles. The highest BCUT2D eigenvalue weighted by atomic mass is 16.6. The predicted molar refractivity (Wildman–Crippen MR) is 103 cm³/mol. The molecule has 7 nitrogen and oxygen atoms in total. The van der Waals surface area contributed by atoms with Crippen molar-refractivity contribution in [1.29, 1.82) is 0 Å². The van der Waals surface area contributed by atoms with E-state index >= 15 is 0 Å². The van der Waals surface area contributed by atoms with E-state index in [1.54, 1.807) is 14.1 Å². The number of rotatable bonds is 4. The number of carbonyl (C=O) groups is 1. The van der Waals surface area contributed by atoms with Crippen molar-refractivity contribution in [1.82, 2.24) is 14.3 Å². The van der Waals surface area contributed by atoms with Gasteiger partial charge in [-0.05, 0) is 30.2 Å². The lowest BCUT2D eigenvalue weighted by molar-refractivity contribution is 0.0143. The number of ether oxygens (including phenoxy) is 2. The normalized spacial score (nSPS) is 18.1. The molecule has 1 aliphatic rings. The second-order valence-electron chi connectivity index (χ2n) is 7.13. The highest BCUT2D eigenvalue weighted by Gasteiger charge is 2.37. The summed E-state index contributed by atoms with van der Waals surface area (Å²) in [6, 6.07) is 11.6. The number of pyridine rings is 1. The molecule has 0 saturated carbocycles. The Morgan fingerprint density at radius 3 is 2.82 bits per heavy atom. The molecule has 28 heavy (non-hydrogen) atoms. The van der Waals surface area contributed by atoms with Gasteiger partial charge in [-0.15, -0.1) is 0 Å². The average Bonchev–Trinajstić information content (AvgIpc) is 3.19. The fraction of sp³-hybridized carbons (Fsp3) is 0.333. The van der Waals surface area contributed by atoms with Crippen LogP contribution in [0, 0.1) is 6.92 Å². The van der Waals surface area contributed by atoms with E-state index in [2.05, 4.69) is 4.98 Å². The van der Waals surface area contributed by atoms with Gasteiger partial charge in [-0.2, -0.15) is 0 Å². The molecule has 0 saturated heterocycles. The standard InChI is InChI=1S/C21H23N3O4/c1-13-16(12-25)24-10-6-9-17(20(24)22-13)27-19-15-8-5-4-7-14(15)11-18(19)28-21(26)23(2)3/h4-10,18-19,25H,11-12H2,1-3H3. The van der Waals surface area contributed by atoms with E-state index in [-0.39, 0.29) is 6.61 Å². The molecule has 4 rings (SSSR count). The molecule has 2 atom stereocenters. The first-order chi connectivity index (χ1) is 13.5. The minimum atomic E-state index is -0.430. The minimum absolute atomic E-state index is 0.105. The van der Waals surface area contributed by atoms with Crippen molar-refractivity contribution in [3.8, 4) is 5.75 Å². The van der Waals surface area contributed by atoms with Crippen LogP contribution in [0.3, 0.4) is 0 Å². The van der Waals surface area contributed by atoms with Gasteiger partial charge in [0.1, 0.15) is 6.10 Å². The van der Waals surface area contributed by atoms with Gasteiger partial charge in [0.05, 0.1) is 18.0 Å². The molecule has 3 aromatic rings. The number of carbonyl (C=O) groups excluding carboxylic acids is 1. The van der Waals surface area contributed by atoms with Gasteiger partial charge in [0, 0.05) is 26.7 Å². The van der Waals surface area contributed by atoms with Gasteiger partial charge in [0.2, 0.25) is 0 Å². The number of aryl methyl sites for hydroxylation is 1. The third-order valence-electron chi connectivity index (χ3n) is 5.05. The van der Waals surface area contributed by atoms with E-state index in [0.717, 1.165) is 22.5 Å². The number of aromatic nitrogens is 2. The number of aliphatic hydroxyl groups is 1. The van der Waals surface area contributed by atoms with Crippen LogP contribution in [0.1, 0.15) is 28.6 Å². The summed E-state index contributed by atoms with van der Waals surface area (Å²) < 4.78 is 13.9. The zero-order chi connectivity index (χ0) is 19.8. The summed E-state index contributed by atoms with van der Waals surface area (Å²) in [6.07, 6.45) is 1.18. The fourth-order valence-corrected chi connectivity index (χ4v) is 3.62. The van der Waals surface area contributed by atoms with E-state index in [0.29, 0.717) is 17.8 Å². The molecule has 1 N–H and O–H groups in total. The number of nitrogens with zero attached hydrogens (tertiary/aromatic N) is 3. The third kappa shape index (κ3) is 3.07. The van der Waals surface area contributed by atoms with Crippen molar-refractivity contribution >= 4 is 11.7 Å². The summed E-state index contributed by atoms with van der Waals surface area (Å²) in [4.78, 5) is 18.1. The van der Waals surface area contributed by atoms with Crippen LogP contribution in [0.2, 0.25) is 0 Å². The van der Waals surface area contributed by atoms with Crippen molar-refractivity contribution in [2.45, 2.75) is 32.2 Å². The summed E-state index contributed by atoms with van der Waals surface area (Å²) >= 11 is 0. The van der Waals surface area contributed by atoms with E-state index < -0.39 is 18.3 Å². The first-order valence-electron chi connectivity index (χ1n) is 9.19. The Morgan fingerprint density at radius 2 is 2.07 bits per heavy atom. The quantitative estimate of drug-likeness (QED) is 0.752. The summed E-state index contributed by atoms with van der Waals surface area (Å²) in [7, 11) is 3.31. The lowest BCUT2D eigenvalue weighted by Gasteiger charge is -2.24. The van der Waals surface area contributed by atoms with Gasteiger partial charge < -0.3 is 19.5 Å².